The third-order valence-corrected chi connectivity index (χ3v) is 3.25. The molecule has 0 heterocycles. The molecule has 0 aliphatic heterocycles. The molecular weight excluding hydrogens is 168 g/mol. The van der Waals surface area contributed by atoms with Gasteiger partial charge in [0.15, 0.2) is 0 Å². The molecule has 0 nitrogen and oxygen atoms in total. The Bertz CT molecular complexity index is 200. The van der Waals surface area contributed by atoms with Crippen LogP contribution in [0.3, 0.4) is 0 Å². The van der Waals surface area contributed by atoms with Crippen LogP contribution in [-0.2, 0) is 0 Å². The molecule has 0 fully saturated rings. The third kappa shape index (κ3) is 3.32. The second-order valence-electron chi connectivity index (χ2n) is 4.56. The Labute approximate surface area is 89.1 Å². The molecule has 0 bridgehead atoms. The van der Waals surface area contributed by atoms with Gasteiger partial charge in [-0.05, 0) is 24.7 Å². The summed E-state index contributed by atoms with van der Waals surface area (Å²) in [6.45, 7) is 4.58. The van der Waals surface area contributed by atoms with Crippen LogP contribution in [0, 0.1) is 5.41 Å². The van der Waals surface area contributed by atoms with E-state index in [-0.39, 0.29) is 0 Å². The molecule has 0 aromatic rings. The van der Waals surface area contributed by atoms with E-state index >= 15 is 0 Å². The molecule has 0 heteroatoms. The summed E-state index contributed by atoms with van der Waals surface area (Å²) in [7, 11) is 0. The van der Waals surface area contributed by atoms with E-state index in [9.17, 15) is 0 Å². The van der Waals surface area contributed by atoms with E-state index in [0.717, 1.165) is 0 Å². The van der Waals surface area contributed by atoms with Crippen molar-refractivity contribution in [3.05, 3.63) is 24.3 Å². The normalized spacial score (nSPS) is 25.6. The highest BCUT2D eigenvalue weighted by Gasteiger charge is 2.24. The Morgan fingerprint density at radius 2 is 1.86 bits per heavy atom. The average molecular weight is 192 g/mol. The van der Waals surface area contributed by atoms with E-state index in [1.807, 2.05) is 0 Å². The Hall–Kier alpha value is -0.520. The van der Waals surface area contributed by atoms with Crippen LogP contribution in [0.4, 0.5) is 0 Å². The SMILES string of the molecule is CCCCCC1(CCC)C=CC=CC1. The standard InChI is InChI=1S/C14H24/c1-3-5-7-11-14(10-4-2)12-8-6-9-13-14/h6,8-9,12H,3-5,7,10-11,13H2,1-2H3. The fourth-order valence-electron chi connectivity index (χ4n) is 2.43. The molecule has 1 unspecified atom stereocenters. The van der Waals surface area contributed by atoms with Crippen LogP contribution in [0.5, 0.6) is 0 Å². The third-order valence-electron chi connectivity index (χ3n) is 3.25. The molecule has 0 amide bonds. The fraction of sp³-hybridized carbons (Fsp3) is 0.714. The molecule has 1 aliphatic rings. The zero-order chi connectivity index (χ0) is 10.3. The van der Waals surface area contributed by atoms with Crippen molar-refractivity contribution in [3.63, 3.8) is 0 Å². The highest BCUT2D eigenvalue weighted by molar-refractivity contribution is 5.16. The Morgan fingerprint density at radius 1 is 1.00 bits per heavy atom. The minimum Gasteiger partial charge on any atom is -0.0837 e. The van der Waals surface area contributed by atoms with Crippen LogP contribution in [0.1, 0.15) is 58.8 Å². The number of allylic oxidation sites excluding steroid dienone is 4. The maximum atomic E-state index is 2.45. The molecule has 0 aromatic carbocycles. The van der Waals surface area contributed by atoms with E-state index < -0.39 is 0 Å². The molecule has 0 spiro atoms. The van der Waals surface area contributed by atoms with E-state index in [0.29, 0.717) is 5.41 Å². The molecular formula is C14H24. The predicted octanol–water partition coefficient (Wildman–Crippen LogP) is 4.87. The van der Waals surface area contributed by atoms with Gasteiger partial charge in [-0.15, -0.1) is 0 Å². The Balaban J connectivity index is 2.45. The van der Waals surface area contributed by atoms with Crippen molar-refractivity contribution in [2.24, 2.45) is 5.41 Å². The van der Waals surface area contributed by atoms with Gasteiger partial charge in [0.25, 0.3) is 0 Å². The zero-order valence-corrected chi connectivity index (χ0v) is 9.76. The van der Waals surface area contributed by atoms with Crippen molar-refractivity contribution >= 4 is 0 Å². The lowest BCUT2D eigenvalue weighted by Gasteiger charge is -2.31. The van der Waals surface area contributed by atoms with Crippen molar-refractivity contribution in [3.8, 4) is 0 Å². The molecule has 80 valence electrons. The van der Waals surface area contributed by atoms with Crippen molar-refractivity contribution in [2.75, 3.05) is 0 Å². The maximum Gasteiger partial charge on any atom is -0.00806 e. The highest BCUT2D eigenvalue weighted by Crippen LogP contribution is 2.38. The van der Waals surface area contributed by atoms with E-state index in [4.69, 9.17) is 0 Å². The summed E-state index contributed by atoms with van der Waals surface area (Å²) in [5.74, 6) is 0. The monoisotopic (exact) mass is 192 g/mol. The molecule has 0 N–H and O–H groups in total. The second-order valence-corrected chi connectivity index (χ2v) is 4.56. The summed E-state index contributed by atoms with van der Waals surface area (Å²) in [5.41, 5.74) is 0.513. The quantitative estimate of drug-likeness (QED) is 0.527. The van der Waals surface area contributed by atoms with Crippen molar-refractivity contribution in [2.45, 2.75) is 58.8 Å². The first-order chi connectivity index (χ1) is 6.83. The summed E-state index contributed by atoms with van der Waals surface area (Å²) in [6, 6.07) is 0. The van der Waals surface area contributed by atoms with Gasteiger partial charge in [0.05, 0.1) is 0 Å². The summed E-state index contributed by atoms with van der Waals surface area (Å²) >= 11 is 0. The van der Waals surface area contributed by atoms with E-state index in [1.54, 1.807) is 0 Å². The van der Waals surface area contributed by atoms with Gasteiger partial charge < -0.3 is 0 Å². The van der Waals surface area contributed by atoms with Crippen LogP contribution < -0.4 is 0 Å². The maximum absolute atomic E-state index is 2.45. The lowest BCUT2D eigenvalue weighted by Crippen LogP contribution is -2.18. The molecule has 1 aliphatic carbocycles. The van der Waals surface area contributed by atoms with Crippen LogP contribution in [-0.4, -0.2) is 0 Å². The first kappa shape index (κ1) is 11.6. The molecule has 0 radical (unpaired) electrons. The van der Waals surface area contributed by atoms with Crippen molar-refractivity contribution in [1.82, 2.24) is 0 Å². The van der Waals surface area contributed by atoms with Crippen molar-refractivity contribution < 1.29 is 0 Å². The molecule has 0 aromatic heterocycles. The predicted molar refractivity (Wildman–Crippen MR) is 64.4 cm³/mol. The van der Waals surface area contributed by atoms with Gasteiger partial charge in [0.2, 0.25) is 0 Å². The summed E-state index contributed by atoms with van der Waals surface area (Å²) in [6.07, 6.45) is 18.7. The first-order valence-electron chi connectivity index (χ1n) is 6.17. The largest absolute Gasteiger partial charge is 0.0837 e. The van der Waals surface area contributed by atoms with Gasteiger partial charge in [-0.1, -0.05) is 63.8 Å². The molecule has 0 saturated carbocycles. The lowest BCUT2D eigenvalue weighted by molar-refractivity contribution is 0.307. The van der Waals surface area contributed by atoms with Gasteiger partial charge >= 0.3 is 0 Å². The minimum atomic E-state index is 0.513. The fourth-order valence-corrected chi connectivity index (χ4v) is 2.43. The topological polar surface area (TPSA) is 0 Å². The summed E-state index contributed by atoms with van der Waals surface area (Å²) < 4.78 is 0. The Morgan fingerprint density at radius 3 is 2.43 bits per heavy atom. The molecule has 1 atom stereocenters. The molecule has 0 saturated heterocycles. The molecule has 14 heavy (non-hydrogen) atoms. The van der Waals surface area contributed by atoms with Gasteiger partial charge in [0, 0.05) is 0 Å². The number of hydrogen-bond acceptors (Lipinski definition) is 0. The van der Waals surface area contributed by atoms with Crippen LogP contribution in [0.25, 0.3) is 0 Å². The highest BCUT2D eigenvalue weighted by atomic mass is 14.3. The van der Waals surface area contributed by atoms with Gasteiger partial charge in [-0.25, -0.2) is 0 Å². The van der Waals surface area contributed by atoms with Crippen molar-refractivity contribution in [1.29, 1.82) is 0 Å². The van der Waals surface area contributed by atoms with Crippen LogP contribution in [0.15, 0.2) is 24.3 Å². The number of unbranched alkanes of at least 4 members (excludes halogenated alkanes) is 2. The number of hydrogen-bond donors (Lipinski definition) is 0. The zero-order valence-electron chi connectivity index (χ0n) is 9.76. The minimum absolute atomic E-state index is 0.513. The van der Waals surface area contributed by atoms with Gasteiger partial charge in [-0.3, -0.25) is 0 Å². The second kappa shape index (κ2) is 6.06. The average Bonchev–Trinajstić information content (AvgIpc) is 2.20. The smallest absolute Gasteiger partial charge is 0.00806 e. The van der Waals surface area contributed by atoms with E-state index in [1.165, 1.54) is 44.9 Å². The van der Waals surface area contributed by atoms with Crippen LogP contribution >= 0.6 is 0 Å². The number of rotatable bonds is 6. The summed E-state index contributed by atoms with van der Waals surface area (Å²) in [5, 5.41) is 0. The van der Waals surface area contributed by atoms with Crippen LogP contribution in [0.2, 0.25) is 0 Å². The van der Waals surface area contributed by atoms with Gasteiger partial charge in [0.1, 0.15) is 0 Å². The van der Waals surface area contributed by atoms with Gasteiger partial charge in [-0.2, -0.15) is 0 Å². The van der Waals surface area contributed by atoms with E-state index in [2.05, 4.69) is 38.2 Å². The Kier molecular flexibility index (Phi) is 5.00. The first-order valence-corrected chi connectivity index (χ1v) is 6.17. The lowest BCUT2D eigenvalue weighted by atomic mass is 9.74. The molecule has 1 rings (SSSR count). The summed E-state index contributed by atoms with van der Waals surface area (Å²) in [4.78, 5) is 0.